The summed E-state index contributed by atoms with van der Waals surface area (Å²) in [5, 5.41) is 12.9. The zero-order valence-electron chi connectivity index (χ0n) is 12.7. The van der Waals surface area contributed by atoms with E-state index in [0.29, 0.717) is 30.1 Å². The van der Waals surface area contributed by atoms with Crippen molar-refractivity contribution in [2.45, 2.75) is 12.5 Å². The molecule has 0 saturated carbocycles. The number of aliphatic hydroxyl groups is 1. The van der Waals surface area contributed by atoms with Gasteiger partial charge in [-0.05, 0) is 30.7 Å². The summed E-state index contributed by atoms with van der Waals surface area (Å²) in [4.78, 5) is 14.0. The maximum absolute atomic E-state index is 12.4. The van der Waals surface area contributed by atoms with Gasteiger partial charge in [0.05, 0.1) is 18.1 Å². The van der Waals surface area contributed by atoms with Crippen molar-refractivity contribution >= 4 is 27.3 Å². The zero-order chi connectivity index (χ0) is 16.9. The van der Waals surface area contributed by atoms with E-state index >= 15 is 0 Å². The van der Waals surface area contributed by atoms with Crippen molar-refractivity contribution in [2.75, 3.05) is 37.7 Å². The molecule has 1 atom stereocenters. The van der Waals surface area contributed by atoms with Gasteiger partial charge < -0.3 is 15.3 Å². The number of nitrogens with zero attached hydrogens (tertiary/aromatic N) is 1. The second-order valence-electron chi connectivity index (χ2n) is 5.58. The van der Waals surface area contributed by atoms with Crippen molar-refractivity contribution in [3.8, 4) is 0 Å². The van der Waals surface area contributed by atoms with Gasteiger partial charge in [-0.2, -0.15) is 0 Å². The van der Waals surface area contributed by atoms with Crippen LogP contribution in [0, 0.1) is 0 Å². The fourth-order valence-corrected chi connectivity index (χ4v) is 4.40. The summed E-state index contributed by atoms with van der Waals surface area (Å²) < 4.78 is 22.8. The molecule has 23 heavy (non-hydrogen) atoms. The maximum atomic E-state index is 12.4. The number of carbonyl (C=O) groups excluding carboxylic acids is 1. The monoisotopic (exact) mass is 360 g/mol. The highest BCUT2D eigenvalue weighted by Gasteiger charge is 2.27. The Bertz CT molecular complexity index is 633. The number of nitrogens with one attached hydrogen (secondary N) is 1. The molecule has 2 rings (SSSR count). The average Bonchev–Trinajstić information content (AvgIpc) is 2.86. The number of sulfone groups is 1. The molecule has 2 N–H and O–H groups in total. The second kappa shape index (κ2) is 8.10. The van der Waals surface area contributed by atoms with E-state index in [9.17, 15) is 13.2 Å². The first-order valence-corrected chi connectivity index (χ1v) is 9.71. The maximum Gasteiger partial charge on any atom is 0.253 e. The van der Waals surface area contributed by atoms with Crippen molar-refractivity contribution in [3.05, 3.63) is 34.9 Å². The highest BCUT2D eigenvalue weighted by atomic mass is 35.5. The van der Waals surface area contributed by atoms with Gasteiger partial charge in [0.25, 0.3) is 5.91 Å². The zero-order valence-corrected chi connectivity index (χ0v) is 14.3. The minimum Gasteiger partial charge on any atom is -0.395 e. The van der Waals surface area contributed by atoms with Gasteiger partial charge in [0.1, 0.15) is 0 Å². The van der Waals surface area contributed by atoms with Crippen LogP contribution in [0.4, 0.5) is 0 Å². The number of hydrogen-bond acceptors (Lipinski definition) is 5. The summed E-state index contributed by atoms with van der Waals surface area (Å²) in [6.07, 6.45) is 0.605. The molecule has 1 amide bonds. The van der Waals surface area contributed by atoms with E-state index in [2.05, 4.69) is 5.32 Å². The number of hydrogen-bond donors (Lipinski definition) is 2. The molecule has 1 aromatic rings. The van der Waals surface area contributed by atoms with Crippen LogP contribution in [0.5, 0.6) is 0 Å². The first-order valence-electron chi connectivity index (χ1n) is 7.51. The predicted molar refractivity (Wildman–Crippen MR) is 89.5 cm³/mol. The Labute approximate surface area is 141 Å². The first-order chi connectivity index (χ1) is 10.9. The Morgan fingerprint density at radius 3 is 2.57 bits per heavy atom. The quantitative estimate of drug-likeness (QED) is 0.741. The third kappa shape index (κ3) is 5.46. The third-order valence-electron chi connectivity index (χ3n) is 3.80. The third-order valence-corrected chi connectivity index (χ3v) is 5.82. The number of rotatable bonds is 7. The van der Waals surface area contributed by atoms with Crippen LogP contribution in [0.15, 0.2) is 24.3 Å². The van der Waals surface area contributed by atoms with E-state index in [1.54, 1.807) is 29.2 Å². The SMILES string of the molecule is O=C(c1ccc(Cl)cc1)N(CCO)CCNC1CCS(=O)(=O)C1. The fourth-order valence-electron chi connectivity index (χ4n) is 2.57. The molecule has 0 aromatic heterocycles. The lowest BCUT2D eigenvalue weighted by Gasteiger charge is -2.23. The van der Waals surface area contributed by atoms with Crippen molar-refractivity contribution in [3.63, 3.8) is 0 Å². The smallest absolute Gasteiger partial charge is 0.253 e. The number of benzene rings is 1. The van der Waals surface area contributed by atoms with E-state index in [1.807, 2.05) is 0 Å². The molecule has 1 heterocycles. The number of amides is 1. The Morgan fingerprint density at radius 2 is 2.00 bits per heavy atom. The van der Waals surface area contributed by atoms with Crippen LogP contribution in [0.1, 0.15) is 16.8 Å². The largest absolute Gasteiger partial charge is 0.395 e. The van der Waals surface area contributed by atoms with E-state index in [0.717, 1.165) is 0 Å². The normalized spacial score (nSPS) is 19.7. The molecule has 1 unspecified atom stereocenters. The van der Waals surface area contributed by atoms with Crippen LogP contribution in [0.25, 0.3) is 0 Å². The topological polar surface area (TPSA) is 86.7 Å². The van der Waals surface area contributed by atoms with Gasteiger partial charge >= 0.3 is 0 Å². The molecule has 1 aromatic carbocycles. The Kier molecular flexibility index (Phi) is 6.41. The standard InChI is InChI=1S/C15H21ClN2O4S/c16-13-3-1-12(2-4-13)15(20)18(8-9-19)7-6-17-14-5-10-23(21,22)11-14/h1-4,14,17,19H,5-11H2. The molecule has 1 aliphatic rings. The van der Waals surface area contributed by atoms with Crippen LogP contribution in [0.2, 0.25) is 5.02 Å². The molecular weight excluding hydrogens is 340 g/mol. The minimum absolute atomic E-state index is 0.0541. The van der Waals surface area contributed by atoms with Gasteiger partial charge in [-0.3, -0.25) is 4.79 Å². The average molecular weight is 361 g/mol. The molecule has 1 fully saturated rings. The summed E-state index contributed by atoms with van der Waals surface area (Å²) in [6, 6.07) is 6.53. The lowest BCUT2D eigenvalue weighted by Crippen LogP contribution is -2.41. The van der Waals surface area contributed by atoms with Crippen LogP contribution >= 0.6 is 11.6 Å². The van der Waals surface area contributed by atoms with Crippen molar-refractivity contribution in [1.29, 1.82) is 0 Å². The Balaban J connectivity index is 1.88. The van der Waals surface area contributed by atoms with Gasteiger partial charge in [-0.1, -0.05) is 11.6 Å². The lowest BCUT2D eigenvalue weighted by atomic mass is 10.2. The summed E-state index contributed by atoms with van der Waals surface area (Å²) >= 11 is 5.81. The van der Waals surface area contributed by atoms with Gasteiger partial charge in [0, 0.05) is 36.3 Å². The van der Waals surface area contributed by atoms with E-state index in [1.165, 1.54) is 0 Å². The predicted octanol–water partition coefficient (Wildman–Crippen LogP) is 0.551. The fraction of sp³-hybridized carbons (Fsp3) is 0.533. The molecule has 0 bridgehead atoms. The van der Waals surface area contributed by atoms with Crippen molar-refractivity contribution < 1.29 is 18.3 Å². The molecule has 128 valence electrons. The van der Waals surface area contributed by atoms with Crippen LogP contribution in [0.3, 0.4) is 0 Å². The molecule has 1 saturated heterocycles. The molecule has 0 spiro atoms. The van der Waals surface area contributed by atoms with Crippen LogP contribution in [-0.4, -0.2) is 68.1 Å². The molecule has 8 heteroatoms. The first kappa shape index (κ1) is 18.2. The van der Waals surface area contributed by atoms with Gasteiger partial charge in [0.2, 0.25) is 0 Å². The highest BCUT2D eigenvalue weighted by molar-refractivity contribution is 7.91. The number of aliphatic hydroxyl groups excluding tert-OH is 1. The molecule has 0 aliphatic carbocycles. The lowest BCUT2D eigenvalue weighted by molar-refractivity contribution is 0.0722. The van der Waals surface area contributed by atoms with Gasteiger partial charge in [-0.15, -0.1) is 0 Å². The number of carbonyl (C=O) groups is 1. The summed E-state index contributed by atoms with van der Waals surface area (Å²) in [7, 11) is -2.92. The second-order valence-corrected chi connectivity index (χ2v) is 8.24. The summed E-state index contributed by atoms with van der Waals surface area (Å²) in [6.45, 7) is 0.987. The van der Waals surface area contributed by atoms with Crippen molar-refractivity contribution in [2.24, 2.45) is 0 Å². The summed E-state index contributed by atoms with van der Waals surface area (Å²) in [5.74, 6) is 0.184. The minimum atomic E-state index is -2.92. The van der Waals surface area contributed by atoms with Gasteiger partial charge in [-0.25, -0.2) is 8.42 Å². The molecule has 6 nitrogen and oxygen atoms in total. The molecule has 1 aliphatic heterocycles. The Hall–Kier alpha value is -1.15. The summed E-state index contributed by atoms with van der Waals surface area (Å²) in [5.41, 5.74) is 0.506. The van der Waals surface area contributed by atoms with Crippen LogP contribution in [-0.2, 0) is 9.84 Å². The number of halogens is 1. The van der Waals surface area contributed by atoms with Gasteiger partial charge in [0.15, 0.2) is 9.84 Å². The molecular formula is C15H21ClN2O4S. The van der Waals surface area contributed by atoms with E-state index < -0.39 is 9.84 Å². The van der Waals surface area contributed by atoms with Crippen molar-refractivity contribution in [1.82, 2.24) is 10.2 Å². The van der Waals surface area contributed by atoms with Crippen LogP contribution < -0.4 is 5.32 Å². The highest BCUT2D eigenvalue weighted by Crippen LogP contribution is 2.12. The Morgan fingerprint density at radius 1 is 1.30 bits per heavy atom. The molecule has 0 radical (unpaired) electrons. The van der Waals surface area contributed by atoms with E-state index in [-0.39, 0.29) is 36.6 Å². The van der Waals surface area contributed by atoms with E-state index in [4.69, 9.17) is 16.7 Å².